The first-order chi connectivity index (χ1) is 13.5. The standard InChI is InChI=1S/C20H17F2N3O2S/c1-13(19-25-16(12-28-19)14-8-10-23-11-9-14)24-18(26)7-6-15-4-2-3-5-17(15)27-20(21)22/h2-13,20H,1H3,(H,24,26). The quantitative estimate of drug-likeness (QED) is 0.583. The Morgan fingerprint density at radius 2 is 1.96 bits per heavy atom. The monoisotopic (exact) mass is 401 g/mol. The number of pyridine rings is 1. The van der Waals surface area contributed by atoms with Crippen LogP contribution in [0.5, 0.6) is 5.75 Å². The number of amides is 1. The summed E-state index contributed by atoms with van der Waals surface area (Å²) >= 11 is 1.44. The molecule has 0 aliphatic carbocycles. The highest BCUT2D eigenvalue weighted by Gasteiger charge is 2.13. The molecule has 3 aromatic rings. The predicted molar refractivity (Wildman–Crippen MR) is 104 cm³/mol. The SMILES string of the molecule is CC(NC(=O)C=Cc1ccccc1OC(F)F)c1nc(-c2ccncc2)cs1. The molecule has 0 saturated carbocycles. The highest BCUT2D eigenvalue weighted by molar-refractivity contribution is 7.10. The van der Waals surface area contributed by atoms with Crippen molar-refractivity contribution in [1.82, 2.24) is 15.3 Å². The minimum absolute atomic E-state index is 0.0107. The van der Waals surface area contributed by atoms with E-state index in [1.54, 1.807) is 30.6 Å². The number of benzene rings is 1. The van der Waals surface area contributed by atoms with Crippen LogP contribution in [0, 0.1) is 0 Å². The second-order valence-electron chi connectivity index (χ2n) is 5.79. The number of nitrogens with zero attached hydrogens (tertiary/aromatic N) is 2. The van der Waals surface area contributed by atoms with Gasteiger partial charge >= 0.3 is 6.61 Å². The van der Waals surface area contributed by atoms with Crippen molar-refractivity contribution < 1.29 is 18.3 Å². The average molecular weight is 401 g/mol. The number of nitrogens with one attached hydrogen (secondary N) is 1. The van der Waals surface area contributed by atoms with E-state index in [0.29, 0.717) is 5.56 Å². The summed E-state index contributed by atoms with van der Waals surface area (Å²) in [6, 6.07) is 9.70. The minimum atomic E-state index is -2.93. The Bertz CT molecular complexity index is 961. The summed E-state index contributed by atoms with van der Waals surface area (Å²) in [5.74, 6) is -0.350. The van der Waals surface area contributed by atoms with Gasteiger partial charge in [-0.05, 0) is 31.2 Å². The zero-order valence-electron chi connectivity index (χ0n) is 14.9. The van der Waals surface area contributed by atoms with Gasteiger partial charge in [0.15, 0.2) is 0 Å². The zero-order chi connectivity index (χ0) is 19.9. The molecule has 0 spiro atoms. The largest absolute Gasteiger partial charge is 0.434 e. The number of alkyl halides is 2. The van der Waals surface area contributed by atoms with Crippen LogP contribution in [0.15, 0.2) is 60.2 Å². The molecule has 0 aliphatic rings. The number of carbonyl (C=O) groups is 1. The van der Waals surface area contributed by atoms with Gasteiger partial charge in [-0.2, -0.15) is 8.78 Å². The molecule has 5 nitrogen and oxygen atoms in total. The van der Waals surface area contributed by atoms with Crippen LogP contribution in [0.4, 0.5) is 8.78 Å². The van der Waals surface area contributed by atoms with E-state index < -0.39 is 6.61 Å². The van der Waals surface area contributed by atoms with Crippen molar-refractivity contribution in [3.05, 3.63) is 70.8 Å². The third kappa shape index (κ3) is 5.20. The number of hydrogen-bond acceptors (Lipinski definition) is 5. The van der Waals surface area contributed by atoms with Crippen LogP contribution < -0.4 is 10.1 Å². The molecule has 2 heterocycles. The van der Waals surface area contributed by atoms with Crippen molar-refractivity contribution in [2.45, 2.75) is 19.6 Å². The lowest BCUT2D eigenvalue weighted by Crippen LogP contribution is -2.24. The van der Waals surface area contributed by atoms with Gasteiger partial charge in [0.1, 0.15) is 10.8 Å². The predicted octanol–water partition coefficient (Wildman–Crippen LogP) is 4.70. The van der Waals surface area contributed by atoms with E-state index in [1.165, 1.54) is 29.6 Å². The van der Waals surface area contributed by atoms with E-state index in [-0.39, 0.29) is 17.7 Å². The minimum Gasteiger partial charge on any atom is -0.434 e. The molecular formula is C20H17F2N3O2S. The first-order valence-corrected chi connectivity index (χ1v) is 9.29. The Balaban J connectivity index is 1.64. The molecule has 1 N–H and O–H groups in total. The molecule has 1 unspecified atom stereocenters. The van der Waals surface area contributed by atoms with Gasteiger partial charge < -0.3 is 10.1 Å². The molecule has 1 atom stereocenters. The molecule has 1 aromatic carbocycles. The van der Waals surface area contributed by atoms with Crippen LogP contribution in [-0.4, -0.2) is 22.5 Å². The van der Waals surface area contributed by atoms with Gasteiger partial charge in [0, 0.05) is 35.0 Å². The molecule has 0 aliphatic heterocycles. The van der Waals surface area contributed by atoms with Crippen molar-refractivity contribution in [3.8, 4) is 17.0 Å². The van der Waals surface area contributed by atoms with E-state index in [0.717, 1.165) is 16.3 Å². The molecule has 3 rings (SSSR count). The molecule has 1 amide bonds. The van der Waals surface area contributed by atoms with Gasteiger partial charge in [-0.3, -0.25) is 9.78 Å². The molecule has 0 bridgehead atoms. The van der Waals surface area contributed by atoms with Crippen LogP contribution >= 0.6 is 11.3 Å². The zero-order valence-corrected chi connectivity index (χ0v) is 15.7. The summed E-state index contributed by atoms with van der Waals surface area (Å²) in [5.41, 5.74) is 2.16. The fourth-order valence-electron chi connectivity index (χ4n) is 2.45. The Kier molecular flexibility index (Phi) is 6.44. The molecule has 0 saturated heterocycles. The summed E-state index contributed by atoms with van der Waals surface area (Å²) in [4.78, 5) is 20.7. The topological polar surface area (TPSA) is 64.1 Å². The number of hydrogen-bond donors (Lipinski definition) is 1. The van der Waals surface area contributed by atoms with Gasteiger partial charge in [0.25, 0.3) is 0 Å². The Labute approximate surface area is 164 Å². The fraction of sp³-hybridized carbons (Fsp3) is 0.150. The molecule has 0 fully saturated rings. The van der Waals surface area contributed by atoms with E-state index in [1.807, 2.05) is 24.4 Å². The van der Waals surface area contributed by atoms with Crippen molar-refractivity contribution >= 4 is 23.3 Å². The number of ether oxygens (including phenoxy) is 1. The first-order valence-electron chi connectivity index (χ1n) is 8.41. The highest BCUT2D eigenvalue weighted by Crippen LogP contribution is 2.25. The smallest absolute Gasteiger partial charge is 0.387 e. The van der Waals surface area contributed by atoms with Crippen molar-refractivity contribution in [1.29, 1.82) is 0 Å². The number of aromatic nitrogens is 2. The second kappa shape index (κ2) is 9.18. The van der Waals surface area contributed by atoms with Crippen molar-refractivity contribution in [2.75, 3.05) is 0 Å². The molecule has 0 radical (unpaired) electrons. The maximum atomic E-state index is 12.4. The summed E-state index contributed by atoms with van der Waals surface area (Å²) in [6.45, 7) is -1.10. The van der Waals surface area contributed by atoms with E-state index in [9.17, 15) is 13.6 Å². The van der Waals surface area contributed by atoms with Gasteiger partial charge in [0.05, 0.1) is 11.7 Å². The number of rotatable bonds is 7. The average Bonchev–Trinajstić information content (AvgIpc) is 3.18. The second-order valence-corrected chi connectivity index (χ2v) is 6.68. The maximum Gasteiger partial charge on any atom is 0.387 e. The van der Waals surface area contributed by atoms with Gasteiger partial charge in [-0.25, -0.2) is 4.98 Å². The van der Waals surface area contributed by atoms with E-state index in [2.05, 4.69) is 20.0 Å². The Hall–Kier alpha value is -3.13. The lowest BCUT2D eigenvalue weighted by molar-refractivity contribution is -0.117. The number of carbonyl (C=O) groups excluding carboxylic acids is 1. The molecule has 144 valence electrons. The van der Waals surface area contributed by atoms with Crippen LogP contribution in [0.25, 0.3) is 17.3 Å². The maximum absolute atomic E-state index is 12.4. The Morgan fingerprint density at radius 3 is 2.71 bits per heavy atom. The molecule has 2 aromatic heterocycles. The Morgan fingerprint density at radius 1 is 1.21 bits per heavy atom. The fourth-order valence-corrected chi connectivity index (χ4v) is 3.29. The molecule has 8 heteroatoms. The summed E-state index contributed by atoms with van der Waals surface area (Å²) in [5, 5.41) is 5.49. The number of thiazole rings is 1. The number of para-hydroxylation sites is 1. The lowest BCUT2D eigenvalue weighted by atomic mass is 10.2. The van der Waals surface area contributed by atoms with Crippen molar-refractivity contribution in [3.63, 3.8) is 0 Å². The third-order valence-electron chi connectivity index (χ3n) is 3.78. The van der Waals surface area contributed by atoms with Crippen LogP contribution in [-0.2, 0) is 4.79 Å². The molecule has 28 heavy (non-hydrogen) atoms. The molecular weight excluding hydrogens is 384 g/mol. The first kappa shape index (κ1) is 19.6. The third-order valence-corrected chi connectivity index (χ3v) is 4.80. The van der Waals surface area contributed by atoms with Crippen LogP contribution in [0.1, 0.15) is 23.5 Å². The van der Waals surface area contributed by atoms with Crippen LogP contribution in [0.3, 0.4) is 0 Å². The van der Waals surface area contributed by atoms with Crippen molar-refractivity contribution in [2.24, 2.45) is 0 Å². The van der Waals surface area contributed by atoms with E-state index >= 15 is 0 Å². The number of halogens is 2. The normalized spacial score (nSPS) is 12.3. The van der Waals surface area contributed by atoms with Crippen LogP contribution in [0.2, 0.25) is 0 Å². The van der Waals surface area contributed by atoms with Gasteiger partial charge in [0.2, 0.25) is 5.91 Å². The summed E-state index contributed by atoms with van der Waals surface area (Å²) in [7, 11) is 0. The highest BCUT2D eigenvalue weighted by atomic mass is 32.1. The summed E-state index contributed by atoms with van der Waals surface area (Å²) in [6.07, 6.45) is 6.10. The van der Waals surface area contributed by atoms with Gasteiger partial charge in [-0.15, -0.1) is 11.3 Å². The van der Waals surface area contributed by atoms with E-state index in [4.69, 9.17) is 0 Å². The lowest BCUT2D eigenvalue weighted by Gasteiger charge is -2.10. The summed E-state index contributed by atoms with van der Waals surface area (Å²) < 4.78 is 29.3. The van der Waals surface area contributed by atoms with Gasteiger partial charge in [-0.1, -0.05) is 18.2 Å².